The van der Waals surface area contributed by atoms with Crippen LogP contribution in [0.3, 0.4) is 0 Å². The van der Waals surface area contributed by atoms with Crippen molar-refractivity contribution in [2.24, 2.45) is 0 Å². The molecule has 15 heavy (non-hydrogen) atoms. The van der Waals surface area contributed by atoms with Crippen molar-refractivity contribution in [3.63, 3.8) is 0 Å². The summed E-state index contributed by atoms with van der Waals surface area (Å²) in [5, 5.41) is 3.13. The molecule has 1 saturated heterocycles. The second-order valence-corrected chi connectivity index (χ2v) is 3.49. The van der Waals surface area contributed by atoms with Gasteiger partial charge in [0.25, 0.3) is 6.43 Å². The summed E-state index contributed by atoms with van der Waals surface area (Å²) >= 11 is 0. The van der Waals surface area contributed by atoms with E-state index in [0.29, 0.717) is 18.7 Å². The lowest BCUT2D eigenvalue weighted by atomic mass is 10.0. The van der Waals surface area contributed by atoms with Gasteiger partial charge in [0.05, 0.1) is 12.7 Å². The fourth-order valence-corrected chi connectivity index (χ4v) is 1.77. The van der Waals surface area contributed by atoms with E-state index in [1.165, 1.54) is 6.07 Å². The number of morpholine rings is 1. The molecule has 1 aliphatic rings. The Balaban J connectivity index is 2.25. The average molecular weight is 213 g/mol. The summed E-state index contributed by atoms with van der Waals surface area (Å²) < 4.78 is 30.9. The van der Waals surface area contributed by atoms with E-state index in [2.05, 4.69) is 5.32 Å². The summed E-state index contributed by atoms with van der Waals surface area (Å²) in [6.45, 7) is 1.96. The van der Waals surface area contributed by atoms with Crippen molar-refractivity contribution in [2.45, 2.75) is 12.5 Å². The molecule has 0 aliphatic carbocycles. The zero-order valence-electron chi connectivity index (χ0n) is 8.25. The summed E-state index contributed by atoms with van der Waals surface area (Å²) in [6, 6.07) is 6.55. The maximum absolute atomic E-state index is 12.7. The second kappa shape index (κ2) is 4.68. The molecule has 1 N–H and O–H groups in total. The van der Waals surface area contributed by atoms with Gasteiger partial charge in [0, 0.05) is 18.7 Å². The van der Waals surface area contributed by atoms with Gasteiger partial charge in [0.2, 0.25) is 0 Å². The summed E-state index contributed by atoms with van der Waals surface area (Å²) in [4.78, 5) is 0. The fourth-order valence-electron chi connectivity index (χ4n) is 1.77. The van der Waals surface area contributed by atoms with Crippen LogP contribution in [0.2, 0.25) is 0 Å². The van der Waals surface area contributed by atoms with E-state index in [1.54, 1.807) is 18.2 Å². The molecule has 1 unspecified atom stereocenters. The van der Waals surface area contributed by atoms with E-state index in [1.807, 2.05) is 0 Å². The van der Waals surface area contributed by atoms with Crippen molar-refractivity contribution >= 4 is 0 Å². The molecule has 82 valence electrons. The van der Waals surface area contributed by atoms with Crippen molar-refractivity contribution in [1.29, 1.82) is 0 Å². The van der Waals surface area contributed by atoms with Crippen LogP contribution in [0.1, 0.15) is 23.7 Å². The van der Waals surface area contributed by atoms with Crippen LogP contribution in [-0.2, 0) is 4.74 Å². The Morgan fingerprint density at radius 1 is 1.33 bits per heavy atom. The van der Waals surface area contributed by atoms with Gasteiger partial charge in [-0.2, -0.15) is 0 Å². The smallest absolute Gasteiger partial charge is 0.264 e. The molecule has 0 bridgehead atoms. The summed E-state index contributed by atoms with van der Waals surface area (Å²) in [5.74, 6) is 0. The molecule has 0 amide bonds. The predicted octanol–water partition coefficient (Wildman–Crippen LogP) is 2.29. The lowest BCUT2D eigenvalue weighted by molar-refractivity contribution is 0.0246. The number of rotatable bonds is 2. The van der Waals surface area contributed by atoms with E-state index in [-0.39, 0.29) is 11.7 Å². The molecule has 1 aromatic rings. The van der Waals surface area contributed by atoms with Crippen LogP contribution in [0, 0.1) is 0 Å². The van der Waals surface area contributed by atoms with E-state index < -0.39 is 6.43 Å². The lowest BCUT2D eigenvalue weighted by Gasteiger charge is -2.25. The van der Waals surface area contributed by atoms with Gasteiger partial charge in [-0.05, 0) is 5.56 Å². The third-order valence-corrected chi connectivity index (χ3v) is 2.51. The van der Waals surface area contributed by atoms with E-state index >= 15 is 0 Å². The highest BCUT2D eigenvalue weighted by Gasteiger charge is 2.21. The number of hydrogen-bond acceptors (Lipinski definition) is 2. The highest BCUT2D eigenvalue weighted by molar-refractivity contribution is 5.30. The maximum Gasteiger partial charge on any atom is 0.264 e. The SMILES string of the molecule is FC(F)c1ccccc1C1CNCCO1. The number of halogens is 2. The van der Waals surface area contributed by atoms with Crippen LogP contribution in [0.5, 0.6) is 0 Å². The minimum absolute atomic E-state index is 0.0752. The molecule has 0 saturated carbocycles. The minimum Gasteiger partial charge on any atom is -0.371 e. The average Bonchev–Trinajstić information content (AvgIpc) is 2.30. The lowest BCUT2D eigenvalue weighted by Crippen LogP contribution is -2.33. The quantitative estimate of drug-likeness (QED) is 0.813. The Hall–Kier alpha value is -1.00. The standard InChI is InChI=1S/C11H13F2NO/c12-11(13)9-4-2-1-3-8(9)10-7-14-5-6-15-10/h1-4,10-11,14H,5-7H2. The van der Waals surface area contributed by atoms with Crippen molar-refractivity contribution in [3.8, 4) is 0 Å². The normalized spacial score (nSPS) is 21.9. The van der Waals surface area contributed by atoms with Gasteiger partial charge >= 0.3 is 0 Å². The first-order valence-corrected chi connectivity index (χ1v) is 4.98. The highest BCUT2D eigenvalue weighted by atomic mass is 19.3. The number of nitrogens with one attached hydrogen (secondary N) is 1. The molecule has 1 aromatic carbocycles. The first-order chi connectivity index (χ1) is 7.29. The Bertz CT molecular complexity index is 324. The van der Waals surface area contributed by atoms with Crippen molar-refractivity contribution in [3.05, 3.63) is 35.4 Å². The fraction of sp³-hybridized carbons (Fsp3) is 0.455. The molecule has 2 nitrogen and oxygen atoms in total. The predicted molar refractivity (Wildman–Crippen MR) is 53.0 cm³/mol. The molecule has 1 aliphatic heterocycles. The van der Waals surface area contributed by atoms with Crippen molar-refractivity contribution in [1.82, 2.24) is 5.32 Å². The number of ether oxygens (including phenoxy) is 1. The second-order valence-electron chi connectivity index (χ2n) is 3.49. The highest BCUT2D eigenvalue weighted by Crippen LogP contribution is 2.29. The van der Waals surface area contributed by atoms with E-state index in [9.17, 15) is 8.78 Å². The molecule has 0 aromatic heterocycles. The largest absolute Gasteiger partial charge is 0.371 e. The summed E-state index contributed by atoms with van der Waals surface area (Å²) in [7, 11) is 0. The molecule has 1 fully saturated rings. The zero-order chi connectivity index (χ0) is 10.7. The first kappa shape index (κ1) is 10.5. The van der Waals surface area contributed by atoms with Gasteiger partial charge in [0.15, 0.2) is 0 Å². The third-order valence-electron chi connectivity index (χ3n) is 2.51. The Morgan fingerprint density at radius 2 is 2.13 bits per heavy atom. The molecular formula is C11H13F2NO. The van der Waals surface area contributed by atoms with Crippen LogP contribution >= 0.6 is 0 Å². The molecule has 0 radical (unpaired) electrons. The maximum atomic E-state index is 12.7. The Labute approximate surface area is 87.2 Å². The molecule has 0 spiro atoms. The number of alkyl halides is 2. The van der Waals surface area contributed by atoms with Gasteiger partial charge in [-0.25, -0.2) is 8.78 Å². The molecule has 1 heterocycles. The van der Waals surface area contributed by atoms with E-state index in [4.69, 9.17) is 4.74 Å². The van der Waals surface area contributed by atoms with Crippen LogP contribution in [0.4, 0.5) is 8.78 Å². The Morgan fingerprint density at radius 3 is 2.80 bits per heavy atom. The third kappa shape index (κ3) is 2.33. The molecular weight excluding hydrogens is 200 g/mol. The summed E-state index contributed by atoms with van der Waals surface area (Å²) in [6.07, 6.45) is -2.68. The Kier molecular flexibility index (Phi) is 3.28. The number of hydrogen-bond donors (Lipinski definition) is 1. The summed E-state index contributed by atoms with van der Waals surface area (Å²) in [5.41, 5.74) is 0.672. The van der Waals surface area contributed by atoms with Crippen LogP contribution in [0.25, 0.3) is 0 Å². The molecule has 4 heteroatoms. The van der Waals surface area contributed by atoms with Crippen molar-refractivity contribution < 1.29 is 13.5 Å². The van der Waals surface area contributed by atoms with Gasteiger partial charge in [-0.3, -0.25) is 0 Å². The topological polar surface area (TPSA) is 21.3 Å². The number of benzene rings is 1. The van der Waals surface area contributed by atoms with Crippen molar-refractivity contribution in [2.75, 3.05) is 19.7 Å². The zero-order valence-corrected chi connectivity index (χ0v) is 8.25. The van der Waals surface area contributed by atoms with Gasteiger partial charge in [0.1, 0.15) is 0 Å². The monoisotopic (exact) mass is 213 g/mol. The van der Waals surface area contributed by atoms with Gasteiger partial charge < -0.3 is 10.1 Å². The van der Waals surface area contributed by atoms with Crippen LogP contribution in [0.15, 0.2) is 24.3 Å². The first-order valence-electron chi connectivity index (χ1n) is 4.98. The van der Waals surface area contributed by atoms with Crippen LogP contribution < -0.4 is 5.32 Å². The van der Waals surface area contributed by atoms with Gasteiger partial charge in [-0.15, -0.1) is 0 Å². The molecule has 1 atom stereocenters. The van der Waals surface area contributed by atoms with Gasteiger partial charge in [-0.1, -0.05) is 24.3 Å². The van der Waals surface area contributed by atoms with E-state index in [0.717, 1.165) is 6.54 Å². The minimum atomic E-state index is -2.44. The van der Waals surface area contributed by atoms with Crippen LogP contribution in [-0.4, -0.2) is 19.7 Å². The molecule has 2 rings (SSSR count).